The summed E-state index contributed by atoms with van der Waals surface area (Å²) in [5, 5.41) is 0. The molecule has 0 aliphatic rings. The lowest BCUT2D eigenvalue weighted by Gasteiger charge is -2.24. The molecule has 0 aliphatic heterocycles. The van der Waals surface area contributed by atoms with Gasteiger partial charge in [0.05, 0.1) is 0 Å². The van der Waals surface area contributed by atoms with Crippen LogP contribution in [0.25, 0.3) is 11.4 Å². The normalized spacial score (nSPS) is 12.8. The van der Waals surface area contributed by atoms with E-state index in [0.29, 0.717) is 0 Å². The summed E-state index contributed by atoms with van der Waals surface area (Å²) >= 11 is 0. The molecule has 4 heteroatoms. The maximum Gasteiger partial charge on any atom is 0.281 e. The highest BCUT2D eigenvalue weighted by Crippen LogP contribution is 2.23. The predicted molar refractivity (Wildman–Crippen MR) is 104 cm³/mol. The van der Waals surface area contributed by atoms with Gasteiger partial charge in [-0.3, -0.25) is 0 Å². The number of hydrogen-bond donors (Lipinski definition) is 0. The molecule has 0 N–H and O–H groups in total. The van der Waals surface area contributed by atoms with Crippen LogP contribution in [0.5, 0.6) is 0 Å². The number of benzene rings is 1. The fraction of sp³-hybridized carbons (Fsp3) is 0.238. The van der Waals surface area contributed by atoms with Crippen molar-refractivity contribution in [1.29, 1.82) is 0 Å². The Morgan fingerprint density at radius 3 is 2.28 bits per heavy atom. The van der Waals surface area contributed by atoms with Crippen molar-refractivity contribution in [2.75, 3.05) is 0 Å². The van der Waals surface area contributed by atoms with Gasteiger partial charge in [0.2, 0.25) is 5.69 Å². The third kappa shape index (κ3) is 4.41. The Morgan fingerprint density at radius 1 is 0.920 bits per heavy atom. The van der Waals surface area contributed by atoms with Gasteiger partial charge in [-0.25, -0.2) is 4.98 Å². The molecule has 3 rings (SSSR count). The highest BCUT2D eigenvalue weighted by Gasteiger charge is 2.31. The molecule has 0 bridgehead atoms. The Balaban J connectivity index is 2.12. The van der Waals surface area contributed by atoms with Crippen molar-refractivity contribution in [3.8, 4) is 11.4 Å². The van der Waals surface area contributed by atoms with Gasteiger partial charge >= 0.3 is 0 Å². The van der Waals surface area contributed by atoms with Gasteiger partial charge in [0, 0.05) is 23.9 Å². The van der Waals surface area contributed by atoms with E-state index in [1.54, 1.807) is 0 Å². The van der Waals surface area contributed by atoms with Gasteiger partial charge in [0.15, 0.2) is 14.5 Å². The molecule has 1 atom stereocenters. The first kappa shape index (κ1) is 17.5. The summed E-state index contributed by atoms with van der Waals surface area (Å²) in [5.74, 6) is 0. The van der Waals surface area contributed by atoms with Crippen LogP contribution in [0.4, 0.5) is 0 Å². The molecule has 0 aliphatic carbocycles. The standard InChI is InChI=1S/C21H25N2OSi/c1-17-11-13-18(14-12-17)21(24-25(2,3)4)23-16-8-6-10-20(23)19-9-5-7-15-22-19/h5-16,21H,1-4H3/q+1. The lowest BCUT2D eigenvalue weighted by atomic mass is 10.1. The SMILES string of the molecule is Cc1ccc(C(O[Si](C)(C)C)[n+]2ccccc2-c2ccccn2)cc1. The predicted octanol–water partition coefficient (Wildman–Crippen LogP) is 4.74. The first-order chi connectivity index (χ1) is 11.9. The fourth-order valence-electron chi connectivity index (χ4n) is 2.74. The molecular formula is C21H25N2OSi+. The average Bonchev–Trinajstić information content (AvgIpc) is 2.61. The first-order valence-electron chi connectivity index (χ1n) is 8.60. The zero-order valence-electron chi connectivity index (χ0n) is 15.3. The minimum atomic E-state index is -1.76. The minimum absolute atomic E-state index is 0.162. The summed E-state index contributed by atoms with van der Waals surface area (Å²) in [7, 11) is -1.76. The number of rotatable bonds is 5. The Kier molecular flexibility index (Phi) is 5.11. The topological polar surface area (TPSA) is 26.0 Å². The van der Waals surface area contributed by atoms with Gasteiger partial charge in [-0.2, -0.15) is 4.57 Å². The minimum Gasteiger partial charge on any atom is -0.360 e. The van der Waals surface area contributed by atoms with Crippen LogP contribution in [0.1, 0.15) is 17.4 Å². The number of aryl methyl sites for hydroxylation is 1. The van der Waals surface area contributed by atoms with Gasteiger partial charge in [-0.1, -0.05) is 23.8 Å². The number of pyridine rings is 2. The number of nitrogens with zero attached hydrogens (tertiary/aromatic N) is 2. The molecule has 2 heterocycles. The molecule has 0 saturated carbocycles. The van der Waals surface area contributed by atoms with Gasteiger partial charge < -0.3 is 4.43 Å². The molecule has 0 fully saturated rings. The van der Waals surface area contributed by atoms with Gasteiger partial charge in [-0.15, -0.1) is 0 Å². The highest BCUT2D eigenvalue weighted by atomic mass is 28.4. The van der Waals surface area contributed by atoms with Gasteiger partial charge in [0.25, 0.3) is 6.23 Å². The third-order valence-electron chi connectivity index (χ3n) is 3.90. The second-order valence-electron chi connectivity index (χ2n) is 7.20. The summed E-state index contributed by atoms with van der Waals surface area (Å²) < 4.78 is 8.77. The number of aromatic nitrogens is 2. The molecule has 0 saturated heterocycles. The summed E-state index contributed by atoms with van der Waals surface area (Å²) in [6.07, 6.45) is 3.74. The maximum atomic E-state index is 6.59. The second-order valence-corrected chi connectivity index (χ2v) is 11.7. The van der Waals surface area contributed by atoms with E-state index >= 15 is 0 Å². The number of hydrogen-bond acceptors (Lipinski definition) is 2. The smallest absolute Gasteiger partial charge is 0.281 e. The molecule has 128 valence electrons. The van der Waals surface area contributed by atoms with Crippen LogP contribution in [-0.4, -0.2) is 13.3 Å². The zero-order chi connectivity index (χ0) is 17.9. The van der Waals surface area contributed by atoms with E-state index in [1.165, 1.54) is 5.56 Å². The largest absolute Gasteiger partial charge is 0.360 e. The Morgan fingerprint density at radius 2 is 1.64 bits per heavy atom. The summed E-state index contributed by atoms with van der Waals surface area (Å²) in [6, 6.07) is 20.8. The summed E-state index contributed by atoms with van der Waals surface area (Å²) in [6.45, 7) is 8.77. The van der Waals surface area contributed by atoms with Crippen molar-refractivity contribution in [3.63, 3.8) is 0 Å². The summed E-state index contributed by atoms with van der Waals surface area (Å²) in [5.41, 5.74) is 4.39. The van der Waals surface area contributed by atoms with Crippen molar-refractivity contribution >= 4 is 8.32 Å². The van der Waals surface area contributed by atoms with E-state index in [9.17, 15) is 0 Å². The van der Waals surface area contributed by atoms with Crippen molar-refractivity contribution in [3.05, 3.63) is 84.2 Å². The van der Waals surface area contributed by atoms with Crippen LogP contribution in [0.15, 0.2) is 73.1 Å². The van der Waals surface area contributed by atoms with Crippen LogP contribution in [0.3, 0.4) is 0 Å². The highest BCUT2D eigenvalue weighted by molar-refractivity contribution is 6.69. The lowest BCUT2D eigenvalue weighted by molar-refractivity contribution is -0.735. The molecule has 1 unspecified atom stereocenters. The summed E-state index contributed by atoms with van der Waals surface area (Å²) in [4.78, 5) is 4.53. The van der Waals surface area contributed by atoms with Crippen molar-refractivity contribution in [2.24, 2.45) is 0 Å². The van der Waals surface area contributed by atoms with Gasteiger partial charge in [0.1, 0.15) is 5.69 Å². The van der Waals surface area contributed by atoms with Crippen LogP contribution >= 0.6 is 0 Å². The van der Waals surface area contributed by atoms with E-state index in [-0.39, 0.29) is 6.23 Å². The average molecular weight is 350 g/mol. The van der Waals surface area contributed by atoms with E-state index in [1.807, 2.05) is 36.5 Å². The molecule has 3 nitrogen and oxygen atoms in total. The molecular weight excluding hydrogens is 324 g/mol. The molecule has 2 aromatic heterocycles. The zero-order valence-corrected chi connectivity index (χ0v) is 16.3. The van der Waals surface area contributed by atoms with Crippen molar-refractivity contribution < 1.29 is 8.99 Å². The van der Waals surface area contributed by atoms with Crippen molar-refractivity contribution in [1.82, 2.24) is 4.98 Å². The monoisotopic (exact) mass is 349 g/mol. The Bertz CT molecular complexity index is 827. The molecule has 3 aromatic rings. The third-order valence-corrected chi connectivity index (χ3v) is 4.83. The van der Waals surface area contributed by atoms with Crippen LogP contribution in [-0.2, 0) is 4.43 Å². The lowest BCUT2D eigenvalue weighted by Crippen LogP contribution is -2.47. The molecule has 0 radical (unpaired) electrons. The van der Waals surface area contributed by atoms with Crippen molar-refractivity contribution in [2.45, 2.75) is 32.8 Å². The first-order valence-corrected chi connectivity index (χ1v) is 12.0. The fourth-order valence-corrected chi connectivity index (χ4v) is 3.66. The van der Waals surface area contributed by atoms with E-state index < -0.39 is 8.32 Å². The molecule has 0 spiro atoms. The van der Waals surface area contributed by atoms with E-state index in [2.05, 4.69) is 72.6 Å². The van der Waals surface area contributed by atoms with E-state index in [0.717, 1.165) is 17.0 Å². The van der Waals surface area contributed by atoms with Crippen LogP contribution in [0.2, 0.25) is 19.6 Å². The quantitative estimate of drug-likeness (QED) is 0.491. The van der Waals surface area contributed by atoms with E-state index in [4.69, 9.17) is 4.43 Å². The Labute approximate surface area is 151 Å². The van der Waals surface area contributed by atoms with Crippen LogP contribution in [0, 0.1) is 6.92 Å². The van der Waals surface area contributed by atoms with Crippen LogP contribution < -0.4 is 4.57 Å². The second kappa shape index (κ2) is 7.29. The molecule has 1 aromatic carbocycles. The van der Waals surface area contributed by atoms with Gasteiger partial charge in [-0.05, 0) is 56.9 Å². The molecule has 0 amide bonds. The molecule has 25 heavy (non-hydrogen) atoms. The maximum absolute atomic E-state index is 6.59. The Hall–Kier alpha value is -2.30.